The van der Waals surface area contributed by atoms with E-state index in [0.717, 1.165) is 16.7 Å². The van der Waals surface area contributed by atoms with Crippen molar-refractivity contribution in [2.45, 2.75) is 18.6 Å². The first-order valence-corrected chi connectivity index (χ1v) is 7.41. The summed E-state index contributed by atoms with van der Waals surface area (Å²) >= 11 is 8.14. The minimum Gasteiger partial charge on any atom is -0.317 e. The SMILES string of the molecule is Clc1ccccc1CSCC1CCNCC1. The Morgan fingerprint density at radius 3 is 2.75 bits per heavy atom. The topological polar surface area (TPSA) is 12.0 Å². The molecule has 0 amide bonds. The number of piperidine rings is 1. The lowest BCUT2D eigenvalue weighted by Crippen LogP contribution is -2.28. The van der Waals surface area contributed by atoms with E-state index in [9.17, 15) is 0 Å². The van der Waals surface area contributed by atoms with E-state index in [1.165, 1.54) is 37.2 Å². The van der Waals surface area contributed by atoms with E-state index in [4.69, 9.17) is 11.6 Å². The minimum atomic E-state index is 0.897. The van der Waals surface area contributed by atoms with Crippen molar-refractivity contribution >= 4 is 23.4 Å². The summed E-state index contributed by atoms with van der Waals surface area (Å²) < 4.78 is 0. The summed E-state index contributed by atoms with van der Waals surface area (Å²) in [5.74, 6) is 3.21. The molecular weight excluding hydrogens is 238 g/mol. The highest BCUT2D eigenvalue weighted by atomic mass is 35.5. The molecule has 1 aliphatic rings. The van der Waals surface area contributed by atoms with Crippen molar-refractivity contribution < 1.29 is 0 Å². The first kappa shape index (κ1) is 12.3. The Balaban J connectivity index is 1.73. The van der Waals surface area contributed by atoms with Gasteiger partial charge in [-0.15, -0.1) is 0 Å². The average Bonchev–Trinajstić information content (AvgIpc) is 2.33. The van der Waals surface area contributed by atoms with Gasteiger partial charge in [-0.05, 0) is 49.2 Å². The minimum absolute atomic E-state index is 0.897. The van der Waals surface area contributed by atoms with Crippen molar-refractivity contribution in [1.29, 1.82) is 0 Å². The zero-order valence-electron chi connectivity index (χ0n) is 9.42. The molecule has 1 N–H and O–H groups in total. The molecule has 1 fully saturated rings. The molecule has 0 spiro atoms. The summed E-state index contributed by atoms with van der Waals surface area (Å²) in [6, 6.07) is 8.15. The molecule has 0 aromatic heterocycles. The molecular formula is C13H18ClNS. The zero-order valence-corrected chi connectivity index (χ0v) is 11.0. The van der Waals surface area contributed by atoms with Gasteiger partial charge in [0.15, 0.2) is 0 Å². The summed E-state index contributed by atoms with van der Waals surface area (Å²) in [5, 5.41) is 4.30. The van der Waals surface area contributed by atoms with Crippen LogP contribution in [0.15, 0.2) is 24.3 Å². The Hall–Kier alpha value is -0.180. The highest BCUT2D eigenvalue weighted by Crippen LogP contribution is 2.24. The highest BCUT2D eigenvalue weighted by Gasteiger charge is 2.12. The molecule has 1 nitrogen and oxygen atoms in total. The summed E-state index contributed by atoms with van der Waals surface area (Å²) in [6.45, 7) is 2.38. The van der Waals surface area contributed by atoms with Crippen molar-refractivity contribution in [2.75, 3.05) is 18.8 Å². The third-order valence-electron chi connectivity index (χ3n) is 3.03. The molecule has 16 heavy (non-hydrogen) atoms. The standard InChI is InChI=1S/C13H18ClNS/c14-13-4-2-1-3-12(13)10-16-9-11-5-7-15-8-6-11/h1-4,11,15H,5-10H2. The van der Waals surface area contributed by atoms with Gasteiger partial charge in [0.1, 0.15) is 0 Å². The highest BCUT2D eigenvalue weighted by molar-refractivity contribution is 7.98. The van der Waals surface area contributed by atoms with E-state index in [-0.39, 0.29) is 0 Å². The molecule has 0 bridgehead atoms. The third-order valence-corrected chi connectivity index (χ3v) is 4.62. The Bertz CT molecular complexity index is 323. The molecule has 0 unspecified atom stereocenters. The molecule has 0 aliphatic carbocycles. The second-order valence-electron chi connectivity index (χ2n) is 4.30. The van der Waals surface area contributed by atoms with Crippen LogP contribution in [0.2, 0.25) is 5.02 Å². The van der Waals surface area contributed by atoms with Crippen LogP contribution >= 0.6 is 23.4 Å². The second-order valence-corrected chi connectivity index (χ2v) is 5.74. The molecule has 1 aromatic rings. The molecule has 0 saturated carbocycles. The predicted molar refractivity (Wildman–Crippen MR) is 73.2 cm³/mol. The van der Waals surface area contributed by atoms with E-state index < -0.39 is 0 Å². The summed E-state index contributed by atoms with van der Waals surface area (Å²) in [4.78, 5) is 0. The number of benzene rings is 1. The first-order chi connectivity index (χ1) is 7.86. The molecule has 1 heterocycles. The number of thioether (sulfide) groups is 1. The van der Waals surface area contributed by atoms with E-state index in [1.54, 1.807) is 0 Å². The zero-order chi connectivity index (χ0) is 11.2. The Kier molecular flexibility index (Phi) is 5.01. The van der Waals surface area contributed by atoms with Gasteiger partial charge in [0, 0.05) is 10.8 Å². The second kappa shape index (κ2) is 6.53. The number of rotatable bonds is 4. The van der Waals surface area contributed by atoms with Crippen molar-refractivity contribution in [1.82, 2.24) is 5.32 Å². The quantitative estimate of drug-likeness (QED) is 0.883. The molecule has 0 radical (unpaired) electrons. The number of hydrogen-bond donors (Lipinski definition) is 1. The van der Waals surface area contributed by atoms with Crippen LogP contribution in [-0.4, -0.2) is 18.8 Å². The molecule has 1 aromatic carbocycles. The largest absolute Gasteiger partial charge is 0.317 e. The summed E-state index contributed by atoms with van der Waals surface area (Å²) in [7, 11) is 0. The lowest BCUT2D eigenvalue weighted by atomic mass is 10.0. The molecule has 1 saturated heterocycles. The van der Waals surface area contributed by atoms with Gasteiger partial charge >= 0.3 is 0 Å². The Labute approximate surface area is 107 Å². The molecule has 2 rings (SSSR count). The van der Waals surface area contributed by atoms with Crippen LogP contribution in [0, 0.1) is 5.92 Å². The van der Waals surface area contributed by atoms with Gasteiger partial charge in [0.2, 0.25) is 0 Å². The number of hydrogen-bond acceptors (Lipinski definition) is 2. The summed E-state index contributed by atoms with van der Waals surface area (Å²) in [5.41, 5.74) is 1.27. The van der Waals surface area contributed by atoms with Crippen LogP contribution in [0.5, 0.6) is 0 Å². The van der Waals surface area contributed by atoms with Gasteiger partial charge in [-0.1, -0.05) is 29.8 Å². The molecule has 1 aliphatic heterocycles. The van der Waals surface area contributed by atoms with Crippen LogP contribution in [-0.2, 0) is 5.75 Å². The lowest BCUT2D eigenvalue weighted by Gasteiger charge is -2.22. The fourth-order valence-corrected chi connectivity index (χ4v) is 3.54. The molecule has 0 atom stereocenters. The van der Waals surface area contributed by atoms with Crippen LogP contribution in [0.25, 0.3) is 0 Å². The number of halogens is 1. The van der Waals surface area contributed by atoms with E-state index >= 15 is 0 Å². The maximum atomic E-state index is 6.12. The van der Waals surface area contributed by atoms with Crippen molar-refractivity contribution in [2.24, 2.45) is 5.92 Å². The Morgan fingerprint density at radius 1 is 1.25 bits per heavy atom. The number of nitrogens with one attached hydrogen (secondary N) is 1. The normalized spacial score (nSPS) is 17.6. The van der Waals surface area contributed by atoms with Crippen LogP contribution in [0.1, 0.15) is 18.4 Å². The monoisotopic (exact) mass is 255 g/mol. The molecule has 88 valence electrons. The van der Waals surface area contributed by atoms with Gasteiger partial charge in [-0.25, -0.2) is 0 Å². The van der Waals surface area contributed by atoms with Crippen molar-refractivity contribution in [3.8, 4) is 0 Å². The van der Waals surface area contributed by atoms with Gasteiger partial charge in [0.05, 0.1) is 0 Å². The van der Waals surface area contributed by atoms with E-state index in [1.807, 2.05) is 23.9 Å². The average molecular weight is 256 g/mol. The maximum Gasteiger partial charge on any atom is 0.0446 e. The van der Waals surface area contributed by atoms with Gasteiger partial charge in [0.25, 0.3) is 0 Å². The predicted octanol–water partition coefficient (Wildman–Crippen LogP) is 3.57. The Morgan fingerprint density at radius 2 is 2.00 bits per heavy atom. The van der Waals surface area contributed by atoms with Gasteiger partial charge < -0.3 is 5.32 Å². The summed E-state index contributed by atoms with van der Waals surface area (Å²) in [6.07, 6.45) is 2.66. The van der Waals surface area contributed by atoms with E-state index in [2.05, 4.69) is 17.4 Å². The van der Waals surface area contributed by atoms with Crippen molar-refractivity contribution in [3.05, 3.63) is 34.9 Å². The van der Waals surface area contributed by atoms with Crippen LogP contribution in [0.4, 0.5) is 0 Å². The van der Waals surface area contributed by atoms with Gasteiger partial charge in [-0.3, -0.25) is 0 Å². The van der Waals surface area contributed by atoms with Gasteiger partial charge in [-0.2, -0.15) is 11.8 Å². The third kappa shape index (κ3) is 3.69. The molecule has 3 heteroatoms. The van der Waals surface area contributed by atoms with Crippen LogP contribution in [0.3, 0.4) is 0 Å². The first-order valence-electron chi connectivity index (χ1n) is 5.88. The smallest absolute Gasteiger partial charge is 0.0446 e. The van der Waals surface area contributed by atoms with Crippen molar-refractivity contribution in [3.63, 3.8) is 0 Å². The fourth-order valence-electron chi connectivity index (χ4n) is 2.00. The van der Waals surface area contributed by atoms with E-state index in [0.29, 0.717) is 0 Å². The van der Waals surface area contributed by atoms with Crippen LogP contribution < -0.4 is 5.32 Å². The lowest BCUT2D eigenvalue weighted by molar-refractivity contribution is 0.408. The maximum absolute atomic E-state index is 6.12. The fraction of sp³-hybridized carbons (Fsp3) is 0.538.